The lowest BCUT2D eigenvalue weighted by atomic mass is 10.0. The number of hydrogen-bond donors (Lipinski definition) is 8. The number of rotatable bonds is 17. The van der Waals surface area contributed by atoms with E-state index in [9.17, 15) is 24.3 Å². The van der Waals surface area contributed by atoms with Crippen molar-refractivity contribution in [2.75, 3.05) is 6.54 Å². The van der Waals surface area contributed by atoms with Crippen LogP contribution in [0.4, 0.5) is 0 Å². The monoisotopic (exact) mass is 582 g/mol. The number of nitrogens with one attached hydrogen (secondary N) is 5. The molecule has 0 aliphatic rings. The smallest absolute Gasteiger partial charge is 0.326 e. The number of carbonyl (C=O) groups is 4. The Morgan fingerprint density at radius 2 is 1.60 bits per heavy atom. The highest BCUT2D eigenvalue weighted by Gasteiger charge is 2.31. The number of nitrogens with two attached hydrogens (primary N) is 2. The van der Waals surface area contributed by atoms with Crippen molar-refractivity contribution < 1.29 is 24.3 Å². The first-order valence-electron chi connectivity index (χ1n) is 14.2. The number of carboxylic acid groups (broad SMARTS) is 1. The topological polar surface area (TPSA) is 221 Å². The van der Waals surface area contributed by atoms with Crippen LogP contribution in [0.3, 0.4) is 0 Å². The van der Waals surface area contributed by atoms with Gasteiger partial charge in [-0.2, -0.15) is 0 Å². The van der Waals surface area contributed by atoms with E-state index in [1.54, 1.807) is 6.20 Å². The van der Waals surface area contributed by atoms with Crippen molar-refractivity contribution in [1.82, 2.24) is 30.9 Å². The molecule has 42 heavy (non-hydrogen) atoms. The molecule has 0 aliphatic carbocycles. The highest BCUT2D eigenvalue weighted by Crippen LogP contribution is 2.19. The Balaban J connectivity index is 1.85. The van der Waals surface area contributed by atoms with Gasteiger partial charge in [-0.3, -0.25) is 14.4 Å². The normalized spacial score (nSPS) is 14.2. The Morgan fingerprint density at radius 1 is 0.929 bits per heavy atom. The average Bonchev–Trinajstić information content (AvgIpc) is 3.61. The van der Waals surface area contributed by atoms with Crippen molar-refractivity contribution in [3.8, 4) is 0 Å². The fraction of sp³-hybridized carbons (Fsp3) is 0.483. The molecule has 2 heterocycles. The van der Waals surface area contributed by atoms with Gasteiger partial charge in [-0.05, 0) is 43.4 Å². The Hall–Kier alpha value is -4.23. The minimum Gasteiger partial charge on any atom is -0.480 e. The van der Waals surface area contributed by atoms with Crippen LogP contribution in [0.1, 0.15) is 50.8 Å². The molecule has 0 aliphatic heterocycles. The van der Waals surface area contributed by atoms with Gasteiger partial charge >= 0.3 is 5.97 Å². The molecule has 3 aromatic rings. The minimum atomic E-state index is -1.16. The van der Waals surface area contributed by atoms with Crippen molar-refractivity contribution in [3.63, 3.8) is 0 Å². The van der Waals surface area contributed by atoms with E-state index in [0.717, 1.165) is 22.9 Å². The van der Waals surface area contributed by atoms with Crippen molar-refractivity contribution in [1.29, 1.82) is 0 Å². The summed E-state index contributed by atoms with van der Waals surface area (Å²) in [6.45, 7) is 4.20. The van der Waals surface area contributed by atoms with E-state index in [2.05, 4.69) is 30.9 Å². The van der Waals surface area contributed by atoms with E-state index in [0.29, 0.717) is 25.1 Å². The van der Waals surface area contributed by atoms with E-state index >= 15 is 0 Å². The van der Waals surface area contributed by atoms with Crippen LogP contribution >= 0.6 is 0 Å². The van der Waals surface area contributed by atoms with Gasteiger partial charge in [-0.25, -0.2) is 9.78 Å². The predicted octanol–water partition coefficient (Wildman–Crippen LogP) is 0.718. The number of unbranched alkanes of at least 4 members (excludes halogenated alkanes) is 1. The average molecular weight is 583 g/mol. The van der Waals surface area contributed by atoms with Crippen LogP contribution in [-0.4, -0.2) is 74.5 Å². The molecule has 0 bridgehead atoms. The van der Waals surface area contributed by atoms with Crippen LogP contribution < -0.4 is 27.4 Å². The Labute approximate surface area is 244 Å². The summed E-state index contributed by atoms with van der Waals surface area (Å²) >= 11 is 0. The number of hydrogen-bond acceptors (Lipinski definition) is 7. The zero-order valence-electron chi connectivity index (χ0n) is 24.1. The zero-order chi connectivity index (χ0) is 30.6. The summed E-state index contributed by atoms with van der Waals surface area (Å²) in [5.74, 6) is -2.93. The van der Waals surface area contributed by atoms with Crippen LogP contribution in [0, 0.1) is 5.92 Å². The molecule has 13 heteroatoms. The van der Waals surface area contributed by atoms with E-state index in [1.165, 1.54) is 12.5 Å². The summed E-state index contributed by atoms with van der Waals surface area (Å²) in [4.78, 5) is 62.0. The molecule has 10 N–H and O–H groups in total. The van der Waals surface area contributed by atoms with Crippen LogP contribution in [0.15, 0.2) is 43.0 Å². The second kappa shape index (κ2) is 15.7. The van der Waals surface area contributed by atoms with Crippen molar-refractivity contribution in [3.05, 3.63) is 54.2 Å². The minimum absolute atomic E-state index is 0.0103. The number of carbonyl (C=O) groups excluding carboxylic acids is 3. The molecule has 0 saturated carbocycles. The number of carboxylic acids is 1. The summed E-state index contributed by atoms with van der Waals surface area (Å²) in [5, 5.41) is 18.6. The number of H-pyrrole nitrogens is 2. The van der Waals surface area contributed by atoms with Crippen LogP contribution in [-0.2, 0) is 32.0 Å². The van der Waals surface area contributed by atoms with Gasteiger partial charge in [-0.15, -0.1) is 0 Å². The molecule has 4 unspecified atom stereocenters. The fourth-order valence-corrected chi connectivity index (χ4v) is 4.71. The van der Waals surface area contributed by atoms with Crippen molar-refractivity contribution in [2.45, 2.75) is 76.5 Å². The lowest BCUT2D eigenvalue weighted by molar-refractivity contribution is -0.142. The molecule has 2 aromatic heterocycles. The number of nitrogens with zero attached hydrogens (tertiary/aromatic N) is 1. The maximum Gasteiger partial charge on any atom is 0.326 e. The summed E-state index contributed by atoms with van der Waals surface area (Å²) in [5.41, 5.74) is 13.8. The number of imidazole rings is 1. The van der Waals surface area contributed by atoms with Gasteiger partial charge in [0.05, 0.1) is 12.4 Å². The molecule has 0 saturated heterocycles. The summed E-state index contributed by atoms with van der Waals surface area (Å²) < 4.78 is 0. The third-order valence-electron chi connectivity index (χ3n) is 6.97. The standard InChI is InChI=1S/C29H42N8O5/c1-17(2)11-25(29(41)42)37-27(39)23(12-18-14-33-22-9-4-3-7-20(18)22)36-28(40)24(13-19-15-32-16-34-19)35-26(38)21(31)8-5-6-10-30/h3-4,7,9,14-17,21,23-25,33H,5-6,8,10-13,30-31H2,1-2H3,(H,32,34)(H,35,38)(H,36,40)(H,37,39)(H,41,42). The van der Waals surface area contributed by atoms with Crippen LogP contribution in [0.2, 0.25) is 0 Å². The third-order valence-corrected chi connectivity index (χ3v) is 6.97. The number of benzene rings is 1. The number of amides is 3. The summed E-state index contributed by atoms with van der Waals surface area (Å²) in [6.07, 6.45) is 6.90. The second-order valence-corrected chi connectivity index (χ2v) is 10.9. The van der Waals surface area contributed by atoms with Gasteiger partial charge < -0.3 is 42.5 Å². The largest absolute Gasteiger partial charge is 0.480 e. The molecule has 0 fully saturated rings. The fourth-order valence-electron chi connectivity index (χ4n) is 4.71. The summed E-state index contributed by atoms with van der Waals surface area (Å²) in [6, 6.07) is 3.34. The lowest BCUT2D eigenvalue weighted by Gasteiger charge is -2.25. The van der Waals surface area contributed by atoms with E-state index in [-0.39, 0.29) is 25.2 Å². The molecule has 0 spiro atoms. The zero-order valence-corrected chi connectivity index (χ0v) is 24.1. The molecule has 3 rings (SSSR count). The number of para-hydroxylation sites is 1. The maximum absolute atomic E-state index is 13.7. The number of aromatic nitrogens is 3. The second-order valence-electron chi connectivity index (χ2n) is 10.9. The molecular weight excluding hydrogens is 540 g/mol. The molecule has 13 nitrogen and oxygen atoms in total. The first-order valence-corrected chi connectivity index (χ1v) is 14.2. The van der Waals surface area contributed by atoms with E-state index < -0.39 is 47.9 Å². The van der Waals surface area contributed by atoms with Gasteiger partial charge in [0.2, 0.25) is 17.7 Å². The Bertz CT molecular complexity index is 1320. The molecule has 4 atom stereocenters. The van der Waals surface area contributed by atoms with Crippen LogP contribution in [0.5, 0.6) is 0 Å². The van der Waals surface area contributed by atoms with Crippen molar-refractivity contribution in [2.24, 2.45) is 17.4 Å². The quantitative estimate of drug-likeness (QED) is 0.106. The van der Waals surface area contributed by atoms with E-state index in [1.807, 2.05) is 38.1 Å². The van der Waals surface area contributed by atoms with Gasteiger partial charge in [0, 0.05) is 41.8 Å². The van der Waals surface area contributed by atoms with Crippen LogP contribution in [0.25, 0.3) is 10.9 Å². The number of aliphatic carboxylic acids is 1. The molecule has 0 radical (unpaired) electrons. The highest BCUT2D eigenvalue weighted by molar-refractivity contribution is 5.95. The predicted molar refractivity (Wildman–Crippen MR) is 158 cm³/mol. The maximum atomic E-state index is 13.7. The van der Waals surface area contributed by atoms with Gasteiger partial charge in [0.25, 0.3) is 0 Å². The summed E-state index contributed by atoms with van der Waals surface area (Å²) in [7, 11) is 0. The lowest BCUT2D eigenvalue weighted by Crippen LogP contribution is -2.58. The molecule has 228 valence electrons. The van der Waals surface area contributed by atoms with Gasteiger partial charge in [0.1, 0.15) is 18.1 Å². The highest BCUT2D eigenvalue weighted by atomic mass is 16.4. The molecule has 1 aromatic carbocycles. The number of aromatic amines is 2. The van der Waals surface area contributed by atoms with E-state index in [4.69, 9.17) is 11.5 Å². The Kier molecular flexibility index (Phi) is 12.1. The molecular formula is C29H42N8O5. The number of fused-ring (bicyclic) bond motifs is 1. The first kappa shape index (κ1) is 32.3. The Morgan fingerprint density at radius 3 is 2.24 bits per heavy atom. The molecule has 3 amide bonds. The van der Waals surface area contributed by atoms with Gasteiger partial charge in [-0.1, -0.05) is 38.5 Å². The third kappa shape index (κ3) is 9.42. The van der Waals surface area contributed by atoms with Gasteiger partial charge in [0.15, 0.2) is 0 Å². The SMILES string of the molecule is CC(C)CC(NC(=O)C(Cc1c[nH]c2ccccc12)NC(=O)C(Cc1cnc[nH]1)NC(=O)C(N)CCCCN)C(=O)O. The van der Waals surface area contributed by atoms with Crippen molar-refractivity contribution >= 4 is 34.6 Å². The first-order chi connectivity index (χ1) is 20.1.